The van der Waals surface area contributed by atoms with Gasteiger partial charge in [-0.05, 0) is 125 Å². The Bertz CT molecular complexity index is 10500. The quantitative estimate of drug-likeness (QED) is 0.129. The van der Waals surface area contributed by atoms with Crippen LogP contribution in [-0.4, -0.2) is 48.2 Å². The third kappa shape index (κ3) is 12.6. The third-order valence-electron chi connectivity index (χ3n) is 29.0. The third-order valence-corrected chi connectivity index (χ3v) is 29.0. The highest BCUT2D eigenvalue weighted by molar-refractivity contribution is 6.26. The summed E-state index contributed by atoms with van der Waals surface area (Å²) in [5.41, 5.74) is 32.8. The first-order valence-corrected chi connectivity index (χ1v) is 48.3. The Labute approximate surface area is 816 Å². The van der Waals surface area contributed by atoms with Crippen LogP contribution < -0.4 is 0 Å². The van der Waals surface area contributed by atoms with Crippen LogP contribution in [0.15, 0.2) is 467 Å². The summed E-state index contributed by atoms with van der Waals surface area (Å²) in [5.74, 6) is 1.85. The van der Waals surface area contributed by atoms with Crippen molar-refractivity contribution in [1.29, 1.82) is 0 Å². The monoisotopic (exact) mass is 1830 g/mol. The van der Waals surface area contributed by atoms with E-state index in [9.17, 15) is 0 Å². The van der Waals surface area contributed by atoms with Gasteiger partial charge in [0.15, 0.2) is 23.1 Å². The molecule has 19 aromatic carbocycles. The van der Waals surface area contributed by atoms with Crippen LogP contribution in [0.25, 0.3) is 277 Å². The first-order chi connectivity index (χ1) is 70.7. The number of rotatable bonds is 10. The number of aromatic nitrogens is 10. The highest BCUT2D eigenvalue weighted by Gasteiger charge is 2.39. The standard InChI is InChI=1S/C46H28N4O.C43H29N3O.C40H23N3O2/c1-3-14-29(15-4-1)42-41-37-22-9-12-25-40(37)51-46(41)48-45(47-42)30-16-13-19-32(28-30)50-39-24-11-8-21-34(39)36-27-26-35-33-20-7-10-23-38(33)49(43(35)44(36)50)31-17-5-2-6-18-31;1-43(2)34-20-9-6-17-29(34)31-23-24-32-30-18-7-10-21-35(30)46(40(32)38(31)43)28-16-12-15-27(25-28)41-44-39(26-13-4-3-5-14-26)37-33-19-8-11-22-36(33)47-42(37)45-41;1-2-12-24(13-3-1)36-35-30-17-7-11-21-34(30)45-40(35)42-39(41-36)29-16-5-9-19-32(29)43-31-18-8-4-14-25(31)27-22-23-28-26-15-6-10-20-33(26)44-38(28)37(27)43/h1-28H;3-25H,1-2H3;1-23H. The van der Waals surface area contributed by atoms with Crippen molar-refractivity contribution < 1.29 is 17.7 Å². The summed E-state index contributed by atoms with van der Waals surface area (Å²) in [4.78, 5) is 31.0. The molecule has 0 fully saturated rings. The van der Waals surface area contributed by atoms with Crippen LogP contribution >= 0.6 is 0 Å². The van der Waals surface area contributed by atoms with E-state index < -0.39 is 0 Å². The fourth-order valence-corrected chi connectivity index (χ4v) is 22.8. The molecule has 0 unspecified atom stereocenters. The van der Waals surface area contributed by atoms with Crippen LogP contribution in [0.1, 0.15) is 25.0 Å². The van der Waals surface area contributed by atoms with Crippen molar-refractivity contribution in [2.24, 2.45) is 0 Å². The highest BCUT2D eigenvalue weighted by atomic mass is 16.3. The average Bonchev–Trinajstić information content (AvgIpc) is 1.55. The summed E-state index contributed by atoms with van der Waals surface area (Å²) in [5, 5.41) is 17.6. The fourth-order valence-electron chi connectivity index (χ4n) is 22.8. The molecule has 30 aromatic rings. The van der Waals surface area contributed by atoms with E-state index in [1.807, 2.05) is 127 Å². The van der Waals surface area contributed by atoms with Gasteiger partial charge in [-0.25, -0.2) is 15.0 Å². The van der Waals surface area contributed by atoms with Crippen LogP contribution in [0.3, 0.4) is 0 Å². The summed E-state index contributed by atoms with van der Waals surface area (Å²) in [7, 11) is 0. The van der Waals surface area contributed by atoms with Gasteiger partial charge < -0.3 is 35.9 Å². The van der Waals surface area contributed by atoms with Gasteiger partial charge in [0, 0.05) is 126 Å². The molecule has 0 atom stereocenters. The molecule has 0 spiro atoms. The summed E-state index contributed by atoms with van der Waals surface area (Å²) >= 11 is 0. The molecular weight excluding hydrogens is 1750 g/mol. The Morgan fingerprint density at radius 2 is 0.538 bits per heavy atom. The Hall–Kier alpha value is -19.2. The Balaban J connectivity index is 0.000000102. The van der Waals surface area contributed by atoms with Gasteiger partial charge in [-0.1, -0.05) is 360 Å². The number of benzene rings is 19. The molecule has 11 heterocycles. The predicted molar refractivity (Wildman–Crippen MR) is 583 cm³/mol. The molecule has 0 saturated carbocycles. The maximum atomic E-state index is 6.60. The maximum absolute atomic E-state index is 6.60. The van der Waals surface area contributed by atoms with Gasteiger partial charge in [0.25, 0.3) is 0 Å². The van der Waals surface area contributed by atoms with Crippen LogP contribution in [0, 0.1) is 0 Å². The minimum absolute atomic E-state index is 0.158. The van der Waals surface area contributed by atoms with Crippen LogP contribution in [-0.2, 0) is 5.41 Å². The molecule has 1 aliphatic rings. The largest absolute Gasteiger partial charge is 0.454 e. The maximum Gasteiger partial charge on any atom is 0.231 e. The molecule has 14 heteroatoms. The lowest BCUT2D eigenvalue weighted by atomic mass is 9.81. The molecule has 14 nitrogen and oxygen atoms in total. The predicted octanol–water partition coefficient (Wildman–Crippen LogP) is 33.7. The second-order valence-electron chi connectivity index (χ2n) is 37.3. The van der Waals surface area contributed by atoms with Gasteiger partial charge in [-0.3, -0.25) is 0 Å². The number of furan rings is 4. The molecule has 0 saturated heterocycles. The molecule has 1 aliphatic carbocycles. The van der Waals surface area contributed by atoms with E-state index in [1.165, 1.54) is 76.6 Å². The summed E-state index contributed by atoms with van der Waals surface area (Å²) in [6.07, 6.45) is 0. The lowest BCUT2D eigenvalue weighted by Gasteiger charge is -2.23. The summed E-state index contributed by atoms with van der Waals surface area (Å²) in [6, 6.07) is 157. The fraction of sp³-hybridized carbons (Fsp3) is 0.0233. The van der Waals surface area contributed by atoms with E-state index in [-0.39, 0.29) is 5.41 Å². The van der Waals surface area contributed by atoms with E-state index in [0.717, 1.165) is 177 Å². The van der Waals surface area contributed by atoms with Gasteiger partial charge >= 0.3 is 0 Å². The van der Waals surface area contributed by atoms with Crippen LogP contribution in [0.2, 0.25) is 0 Å². The summed E-state index contributed by atoms with van der Waals surface area (Å²) in [6.45, 7) is 4.72. The Morgan fingerprint density at radius 3 is 1.02 bits per heavy atom. The minimum atomic E-state index is -0.158. The number of hydrogen-bond donors (Lipinski definition) is 0. The molecule has 31 rings (SSSR count). The smallest absolute Gasteiger partial charge is 0.231 e. The number of hydrogen-bond acceptors (Lipinski definition) is 10. The van der Waals surface area contributed by atoms with E-state index in [0.29, 0.717) is 34.6 Å². The Kier molecular flexibility index (Phi) is 18.1. The van der Waals surface area contributed by atoms with Gasteiger partial charge in [0.2, 0.25) is 17.1 Å². The van der Waals surface area contributed by atoms with Gasteiger partial charge in [-0.15, -0.1) is 0 Å². The van der Waals surface area contributed by atoms with E-state index in [1.54, 1.807) is 0 Å². The van der Waals surface area contributed by atoms with E-state index in [2.05, 4.69) is 354 Å². The molecule has 11 aromatic heterocycles. The van der Waals surface area contributed by atoms with Crippen molar-refractivity contribution in [3.05, 3.63) is 460 Å². The number of para-hydroxylation sites is 10. The second-order valence-corrected chi connectivity index (χ2v) is 37.3. The first-order valence-electron chi connectivity index (χ1n) is 48.3. The van der Waals surface area contributed by atoms with Gasteiger partial charge in [-0.2, -0.15) is 15.0 Å². The number of nitrogens with zero attached hydrogens (tertiary/aromatic N) is 10. The van der Waals surface area contributed by atoms with E-state index >= 15 is 0 Å². The van der Waals surface area contributed by atoms with Crippen molar-refractivity contribution in [2.75, 3.05) is 0 Å². The molecule has 670 valence electrons. The lowest BCUT2D eigenvalue weighted by molar-refractivity contribution is 0.653. The van der Waals surface area contributed by atoms with Gasteiger partial charge in [0.05, 0.1) is 83.1 Å². The second kappa shape index (κ2) is 32.0. The van der Waals surface area contributed by atoms with E-state index in [4.69, 9.17) is 47.6 Å². The van der Waals surface area contributed by atoms with Crippen molar-refractivity contribution >= 4 is 175 Å². The molecular formula is C129H80N10O4. The van der Waals surface area contributed by atoms with Crippen molar-refractivity contribution in [3.63, 3.8) is 0 Å². The number of fused-ring (bicyclic) bond motifs is 30. The molecule has 0 bridgehead atoms. The zero-order valence-electron chi connectivity index (χ0n) is 77.3. The molecule has 0 N–H and O–H groups in total. The zero-order valence-corrected chi connectivity index (χ0v) is 77.3. The van der Waals surface area contributed by atoms with Gasteiger partial charge in [0.1, 0.15) is 22.3 Å². The topological polar surface area (TPSA) is 150 Å². The average molecular weight is 1830 g/mol. The van der Waals surface area contributed by atoms with Crippen molar-refractivity contribution in [1.82, 2.24) is 48.2 Å². The zero-order chi connectivity index (χ0) is 94.2. The first kappa shape index (κ1) is 81.0. The summed E-state index contributed by atoms with van der Waals surface area (Å²) < 4.78 is 35.3. The normalized spacial score (nSPS) is 12.5. The van der Waals surface area contributed by atoms with Crippen LogP contribution in [0.4, 0.5) is 0 Å². The Morgan fingerprint density at radius 1 is 0.210 bits per heavy atom. The highest BCUT2D eigenvalue weighted by Crippen LogP contribution is 2.55. The van der Waals surface area contributed by atoms with Crippen molar-refractivity contribution in [2.45, 2.75) is 19.3 Å². The molecule has 0 amide bonds. The molecule has 0 radical (unpaired) electrons. The lowest BCUT2D eigenvalue weighted by Crippen LogP contribution is -2.16. The SMILES string of the molecule is CC1(C)c2ccccc2-c2ccc3c4ccccc4n(-c4cccc(-c5nc(-c6ccccc6)c6c(n5)oc5ccccc56)c4)c3c21.c1ccc(-c2nc(-c3cccc(-n4c5ccccc5c5ccc6c7ccccc7n(-c7ccccc7)c6c54)c3)nc3oc4ccccc4c23)cc1.c1ccc(-c2nc(-c3ccccc3-n3c4ccccc4c4ccc5c6ccccc6oc5c43)nc3oc4ccccc4c23)cc1. The van der Waals surface area contributed by atoms with Crippen LogP contribution in [0.5, 0.6) is 0 Å². The minimum Gasteiger partial charge on any atom is -0.454 e. The molecule has 143 heavy (non-hydrogen) atoms. The molecule has 0 aliphatic heterocycles. The van der Waals surface area contributed by atoms with Crippen molar-refractivity contribution in [3.8, 4) is 102 Å².